The molecule has 0 unspecified atom stereocenters. The summed E-state index contributed by atoms with van der Waals surface area (Å²) in [6.07, 6.45) is 2.53. The number of rotatable bonds is 6. The molecule has 0 aliphatic carbocycles. The molecule has 3 aromatic rings. The quantitative estimate of drug-likeness (QED) is 0.374. The van der Waals surface area contributed by atoms with Gasteiger partial charge in [0.2, 0.25) is 0 Å². The fourth-order valence-corrected chi connectivity index (χ4v) is 4.09. The van der Waals surface area contributed by atoms with Crippen LogP contribution in [0.4, 0.5) is 0 Å². The molecule has 2 aromatic heterocycles. The molecule has 0 fully saturated rings. The number of hydrogen-bond acceptors (Lipinski definition) is 6. The van der Waals surface area contributed by atoms with Crippen LogP contribution in [0.3, 0.4) is 0 Å². The topological polar surface area (TPSA) is 61.3 Å². The largest absolute Gasteiger partial charge is 0.478 e. The monoisotopic (exact) mass is 488 g/mol. The van der Waals surface area contributed by atoms with Gasteiger partial charge in [-0.1, -0.05) is 18.5 Å². The SMILES string of the molecule is CCc1nc(COC(=O)COc2c(I)cc(Cl)c3cccnc23)cs1. The third-order valence-corrected chi connectivity index (χ3v) is 5.52. The number of carbonyl (C=O) groups excluding carboxylic acids is 1. The second-order valence-electron chi connectivity index (χ2n) is 5.10. The lowest BCUT2D eigenvalue weighted by Gasteiger charge is -2.11. The number of nitrogens with zero attached hydrogens (tertiary/aromatic N) is 2. The van der Waals surface area contributed by atoms with Gasteiger partial charge in [0.15, 0.2) is 12.4 Å². The summed E-state index contributed by atoms with van der Waals surface area (Å²) in [6, 6.07) is 5.45. The van der Waals surface area contributed by atoms with Gasteiger partial charge in [-0.15, -0.1) is 11.3 Å². The molecule has 0 aliphatic heterocycles. The maximum atomic E-state index is 12.0. The zero-order valence-corrected chi connectivity index (χ0v) is 17.0. The highest BCUT2D eigenvalue weighted by atomic mass is 127. The van der Waals surface area contributed by atoms with Crippen LogP contribution in [-0.2, 0) is 22.6 Å². The molecule has 0 saturated heterocycles. The number of benzene rings is 1. The van der Waals surface area contributed by atoms with Crippen LogP contribution >= 0.6 is 45.5 Å². The Kier molecular flexibility index (Phi) is 6.08. The van der Waals surface area contributed by atoms with E-state index in [2.05, 4.69) is 32.6 Å². The lowest BCUT2D eigenvalue weighted by atomic mass is 10.2. The average Bonchev–Trinajstić information content (AvgIpc) is 3.08. The number of fused-ring (bicyclic) bond motifs is 1. The zero-order chi connectivity index (χ0) is 17.8. The molecular formula is C17H14ClIN2O3S. The van der Waals surface area contributed by atoms with Crippen molar-refractivity contribution in [2.24, 2.45) is 0 Å². The van der Waals surface area contributed by atoms with Crippen molar-refractivity contribution in [3.63, 3.8) is 0 Å². The molecule has 0 spiro atoms. The summed E-state index contributed by atoms with van der Waals surface area (Å²) < 4.78 is 11.7. The number of halogens is 2. The molecule has 8 heteroatoms. The molecule has 130 valence electrons. The van der Waals surface area contributed by atoms with Crippen LogP contribution in [0.1, 0.15) is 17.6 Å². The van der Waals surface area contributed by atoms with E-state index in [1.54, 1.807) is 29.7 Å². The van der Waals surface area contributed by atoms with Crippen molar-refractivity contribution >= 4 is 62.4 Å². The summed E-state index contributed by atoms with van der Waals surface area (Å²) in [6.45, 7) is 1.98. The molecule has 0 saturated carbocycles. The van der Waals surface area contributed by atoms with Gasteiger partial charge in [-0.3, -0.25) is 4.98 Å². The van der Waals surface area contributed by atoms with Crippen LogP contribution in [0.5, 0.6) is 5.75 Å². The number of carbonyl (C=O) groups is 1. The van der Waals surface area contributed by atoms with Gasteiger partial charge in [0.1, 0.15) is 12.1 Å². The Labute approximate surface area is 167 Å². The summed E-state index contributed by atoms with van der Waals surface area (Å²) in [5.74, 6) is 0.0698. The molecule has 0 amide bonds. The Balaban J connectivity index is 1.65. The molecule has 2 heterocycles. The predicted molar refractivity (Wildman–Crippen MR) is 106 cm³/mol. The van der Waals surface area contributed by atoms with Crippen LogP contribution in [0.15, 0.2) is 29.8 Å². The minimum absolute atomic E-state index is 0.148. The zero-order valence-electron chi connectivity index (χ0n) is 13.3. The smallest absolute Gasteiger partial charge is 0.344 e. The average molecular weight is 489 g/mol. The first kappa shape index (κ1) is 18.3. The van der Waals surface area contributed by atoms with Crippen molar-refractivity contribution < 1.29 is 14.3 Å². The number of aryl methyl sites for hydroxylation is 1. The van der Waals surface area contributed by atoms with E-state index in [1.165, 1.54) is 0 Å². The van der Waals surface area contributed by atoms with E-state index < -0.39 is 5.97 Å². The van der Waals surface area contributed by atoms with Crippen LogP contribution in [0.2, 0.25) is 5.02 Å². The van der Waals surface area contributed by atoms with Crippen LogP contribution in [0.25, 0.3) is 10.9 Å². The van der Waals surface area contributed by atoms with E-state index >= 15 is 0 Å². The second kappa shape index (κ2) is 8.29. The number of ether oxygens (including phenoxy) is 2. The Morgan fingerprint density at radius 3 is 3.04 bits per heavy atom. The first-order valence-corrected chi connectivity index (χ1v) is 9.86. The highest BCUT2D eigenvalue weighted by Gasteiger charge is 2.14. The molecule has 0 aliphatic rings. The Morgan fingerprint density at radius 2 is 2.28 bits per heavy atom. The summed E-state index contributed by atoms with van der Waals surface area (Å²) in [7, 11) is 0. The van der Waals surface area contributed by atoms with Gasteiger partial charge in [0, 0.05) is 17.0 Å². The third-order valence-electron chi connectivity index (χ3n) is 3.37. The van der Waals surface area contributed by atoms with E-state index in [9.17, 15) is 4.79 Å². The Hall–Kier alpha value is -1.45. The van der Waals surface area contributed by atoms with Gasteiger partial charge in [0.05, 0.1) is 19.3 Å². The number of aromatic nitrogens is 2. The molecule has 0 bridgehead atoms. The van der Waals surface area contributed by atoms with Crippen molar-refractivity contribution in [3.8, 4) is 5.75 Å². The van der Waals surface area contributed by atoms with Crippen LogP contribution < -0.4 is 4.74 Å². The first-order chi connectivity index (χ1) is 12.1. The Morgan fingerprint density at radius 1 is 1.44 bits per heavy atom. The molecular weight excluding hydrogens is 475 g/mol. The van der Waals surface area contributed by atoms with E-state index in [0.29, 0.717) is 16.3 Å². The normalized spacial score (nSPS) is 10.8. The van der Waals surface area contributed by atoms with Crippen molar-refractivity contribution in [3.05, 3.63) is 49.1 Å². The summed E-state index contributed by atoms with van der Waals surface area (Å²) in [5.41, 5.74) is 1.38. The number of esters is 1. The van der Waals surface area contributed by atoms with Crippen molar-refractivity contribution in [1.29, 1.82) is 0 Å². The standard InChI is InChI=1S/C17H14ClIN2O3S/c1-2-14-21-10(9-25-14)7-23-15(22)8-24-17-13(19)6-12(18)11-4-3-5-20-16(11)17/h3-6,9H,2,7-8H2,1H3. The minimum atomic E-state index is -0.458. The van der Waals surface area contributed by atoms with Gasteiger partial charge < -0.3 is 9.47 Å². The van der Waals surface area contributed by atoms with Crippen LogP contribution in [-0.4, -0.2) is 22.5 Å². The van der Waals surface area contributed by atoms with Crippen molar-refractivity contribution in [2.45, 2.75) is 20.0 Å². The molecule has 1 aromatic carbocycles. The Bertz CT molecular complexity index is 916. The fourth-order valence-electron chi connectivity index (χ4n) is 2.19. The molecule has 0 atom stereocenters. The van der Waals surface area contributed by atoms with E-state index in [-0.39, 0.29) is 13.2 Å². The maximum absolute atomic E-state index is 12.0. The third kappa shape index (κ3) is 4.39. The summed E-state index contributed by atoms with van der Waals surface area (Å²) >= 11 is 9.90. The number of thiazole rings is 1. The van der Waals surface area contributed by atoms with Gasteiger partial charge in [0.25, 0.3) is 0 Å². The lowest BCUT2D eigenvalue weighted by Crippen LogP contribution is -2.15. The van der Waals surface area contributed by atoms with Crippen molar-refractivity contribution in [2.75, 3.05) is 6.61 Å². The number of pyridine rings is 1. The molecule has 25 heavy (non-hydrogen) atoms. The lowest BCUT2D eigenvalue weighted by molar-refractivity contribution is -0.147. The summed E-state index contributed by atoms with van der Waals surface area (Å²) in [5, 5.41) is 4.29. The van der Waals surface area contributed by atoms with Gasteiger partial charge >= 0.3 is 5.97 Å². The highest BCUT2D eigenvalue weighted by molar-refractivity contribution is 14.1. The minimum Gasteiger partial charge on any atom is -0.478 e. The van der Waals surface area contributed by atoms with E-state index in [4.69, 9.17) is 21.1 Å². The van der Waals surface area contributed by atoms with Gasteiger partial charge in [-0.25, -0.2) is 9.78 Å². The van der Waals surface area contributed by atoms with E-state index in [1.807, 2.05) is 18.4 Å². The first-order valence-electron chi connectivity index (χ1n) is 7.53. The molecule has 0 N–H and O–H groups in total. The predicted octanol–water partition coefficient (Wildman–Crippen LogP) is 4.63. The fraction of sp³-hybridized carbons (Fsp3) is 0.235. The van der Waals surface area contributed by atoms with E-state index in [0.717, 1.165) is 26.1 Å². The maximum Gasteiger partial charge on any atom is 0.344 e. The molecule has 0 radical (unpaired) electrons. The second-order valence-corrected chi connectivity index (χ2v) is 7.62. The highest BCUT2D eigenvalue weighted by Crippen LogP contribution is 2.34. The van der Waals surface area contributed by atoms with Crippen molar-refractivity contribution in [1.82, 2.24) is 9.97 Å². The molecule has 3 rings (SSSR count). The van der Waals surface area contributed by atoms with Gasteiger partial charge in [-0.05, 0) is 47.2 Å². The number of hydrogen-bond donors (Lipinski definition) is 0. The molecule has 5 nitrogen and oxygen atoms in total. The van der Waals surface area contributed by atoms with Gasteiger partial charge in [-0.2, -0.15) is 0 Å². The summed E-state index contributed by atoms with van der Waals surface area (Å²) in [4.78, 5) is 20.6. The van der Waals surface area contributed by atoms with Crippen LogP contribution in [0, 0.1) is 3.57 Å².